The summed E-state index contributed by atoms with van der Waals surface area (Å²) >= 11 is 0. The highest BCUT2D eigenvalue weighted by Crippen LogP contribution is 2.08. The van der Waals surface area contributed by atoms with Crippen LogP contribution in [0.1, 0.15) is 32.6 Å². The lowest BCUT2D eigenvalue weighted by molar-refractivity contribution is 0.248. The average Bonchev–Trinajstić information content (AvgIpc) is 2.13. The summed E-state index contributed by atoms with van der Waals surface area (Å²) < 4.78 is 0. The van der Waals surface area contributed by atoms with E-state index in [1.807, 2.05) is 0 Å². The van der Waals surface area contributed by atoms with Gasteiger partial charge in [0.25, 0.3) is 0 Å². The first-order valence-corrected chi connectivity index (χ1v) is 5.03. The van der Waals surface area contributed by atoms with Crippen LogP contribution in [0.15, 0.2) is 0 Å². The van der Waals surface area contributed by atoms with Crippen LogP contribution in [-0.4, -0.2) is 24.8 Å². The Hall–Kier alpha value is -0.590. The van der Waals surface area contributed by atoms with Crippen molar-refractivity contribution in [3.8, 4) is 6.07 Å². The van der Waals surface area contributed by atoms with Crippen LogP contribution in [0.4, 0.5) is 0 Å². The van der Waals surface area contributed by atoms with Crippen LogP contribution >= 0.6 is 0 Å². The number of hydrogen-bond acceptors (Lipinski definition) is 3. The monoisotopic (exact) mass is 184 g/mol. The van der Waals surface area contributed by atoms with Crippen molar-refractivity contribution in [3.63, 3.8) is 0 Å². The summed E-state index contributed by atoms with van der Waals surface area (Å²) in [6, 6.07) is 2.09. The zero-order chi connectivity index (χ0) is 9.94. The van der Waals surface area contributed by atoms with Gasteiger partial charge in [-0.2, -0.15) is 5.26 Å². The Morgan fingerprint density at radius 3 is 2.77 bits per heavy atom. The smallest absolute Gasteiger partial charge is 0.0635 e. The second kappa shape index (κ2) is 9.50. The molecule has 0 fully saturated rings. The quantitative estimate of drug-likeness (QED) is 0.559. The lowest BCUT2D eigenvalue weighted by atomic mass is 10.0. The summed E-state index contributed by atoms with van der Waals surface area (Å²) in [6.07, 6.45) is 3.75. The minimum Gasteiger partial charge on any atom is -0.396 e. The van der Waals surface area contributed by atoms with Crippen molar-refractivity contribution in [2.24, 2.45) is 5.92 Å². The summed E-state index contributed by atoms with van der Waals surface area (Å²) in [4.78, 5) is 0. The van der Waals surface area contributed by atoms with E-state index in [9.17, 15) is 0 Å². The molecule has 2 N–H and O–H groups in total. The van der Waals surface area contributed by atoms with Gasteiger partial charge in [0.1, 0.15) is 0 Å². The predicted octanol–water partition coefficient (Wildman–Crippen LogP) is 1.29. The maximum absolute atomic E-state index is 8.79. The fourth-order valence-electron chi connectivity index (χ4n) is 1.39. The summed E-state index contributed by atoms with van der Waals surface area (Å²) in [6.45, 7) is 4.11. The van der Waals surface area contributed by atoms with Gasteiger partial charge < -0.3 is 10.4 Å². The number of aliphatic hydroxyl groups excluding tert-OH is 1. The summed E-state index contributed by atoms with van der Waals surface area (Å²) in [5.74, 6) is 0.564. The number of nitrogens with zero attached hydrogens (tertiary/aromatic N) is 1. The highest BCUT2D eigenvalue weighted by Gasteiger charge is 2.05. The molecule has 0 aromatic carbocycles. The van der Waals surface area contributed by atoms with E-state index >= 15 is 0 Å². The zero-order valence-corrected chi connectivity index (χ0v) is 8.42. The SMILES string of the molecule is CCCC(CCO)CNCCC#N. The Labute approximate surface area is 80.8 Å². The molecule has 0 rings (SSSR count). The van der Waals surface area contributed by atoms with E-state index in [1.165, 1.54) is 0 Å². The summed E-state index contributed by atoms with van der Waals surface area (Å²) in [5, 5.41) is 20.3. The third-order valence-electron chi connectivity index (χ3n) is 2.08. The van der Waals surface area contributed by atoms with Crippen LogP contribution in [0.2, 0.25) is 0 Å². The Morgan fingerprint density at radius 1 is 1.46 bits per heavy atom. The van der Waals surface area contributed by atoms with E-state index in [2.05, 4.69) is 18.3 Å². The molecule has 3 heteroatoms. The lowest BCUT2D eigenvalue weighted by Crippen LogP contribution is -2.24. The number of rotatable bonds is 8. The van der Waals surface area contributed by atoms with Crippen LogP contribution in [0.3, 0.4) is 0 Å². The van der Waals surface area contributed by atoms with Gasteiger partial charge in [0, 0.05) is 19.6 Å². The average molecular weight is 184 g/mol. The zero-order valence-electron chi connectivity index (χ0n) is 8.42. The first kappa shape index (κ1) is 12.4. The molecule has 0 aromatic rings. The van der Waals surface area contributed by atoms with Gasteiger partial charge in [0.2, 0.25) is 0 Å². The molecule has 0 spiro atoms. The molecule has 0 aliphatic carbocycles. The standard InChI is InChI=1S/C10H20N2O/c1-2-4-10(5-8-13)9-12-7-3-6-11/h10,12-13H,2-5,7-9H2,1H3. The number of hydrogen-bond donors (Lipinski definition) is 2. The van der Waals surface area contributed by atoms with Crippen LogP contribution in [0.25, 0.3) is 0 Å². The van der Waals surface area contributed by atoms with Crippen molar-refractivity contribution < 1.29 is 5.11 Å². The predicted molar refractivity (Wildman–Crippen MR) is 53.2 cm³/mol. The molecule has 0 amide bonds. The van der Waals surface area contributed by atoms with Gasteiger partial charge in [-0.25, -0.2) is 0 Å². The van der Waals surface area contributed by atoms with E-state index in [-0.39, 0.29) is 6.61 Å². The minimum absolute atomic E-state index is 0.268. The molecule has 0 aromatic heterocycles. The van der Waals surface area contributed by atoms with Gasteiger partial charge in [-0.1, -0.05) is 13.3 Å². The molecule has 0 saturated heterocycles. The van der Waals surface area contributed by atoms with Gasteiger partial charge in [0.15, 0.2) is 0 Å². The van der Waals surface area contributed by atoms with Crippen LogP contribution in [0.5, 0.6) is 0 Å². The van der Waals surface area contributed by atoms with Crippen molar-refractivity contribution in [2.45, 2.75) is 32.6 Å². The molecule has 76 valence electrons. The molecule has 1 atom stereocenters. The topological polar surface area (TPSA) is 56.0 Å². The first-order valence-electron chi connectivity index (χ1n) is 5.03. The van der Waals surface area contributed by atoms with Gasteiger partial charge in [-0.15, -0.1) is 0 Å². The Balaban J connectivity index is 3.39. The summed E-state index contributed by atoms with van der Waals surface area (Å²) in [5.41, 5.74) is 0. The molecule has 0 heterocycles. The molecule has 0 aliphatic heterocycles. The fraction of sp³-hybridized carbons (Fsp3) is 0.900. The number of aliphatic hydroxyl groups is 1. The first-order chi connectivity index (χ1) is 6.35. The maximum atomic E-state index is 8.79. The second-order valence-electron chi connectivity index (χ2n) is 3.28. The van der Waals surface area contributed by atoms with Crippen LogP contribution in [-0.2, 0) is 0 Å². The van der Waals surface area contributed by atoms with Gasteiger partial charge >= 0.3 is 0 Å². The van der Waals surface area contributed by atoms with Crippen molar-refractivity contribution >= 4 is 0 Å². The van der Waals surface area contributed by atoms with Crippen molar-refractivity contribution in [1.82, 2.24) is 5.32 Å². The molecule has 0 saturated carbocycles. The second-order valence-corrected chi connectivity index (χ2v) is 3.28. The minimum atomic E-state index is 0.268. The molecular formula is C10H20N2O. The Kier molecular flexibility index (Phi) is 9.07. The molecule has 0 radical (unpaired) electrons. The van der Waals surface area contributed by atoms with Crippen LogP contribution in [0, 0.1) is 17.2 Å². The largest absolute Gasteiger partial charge is 0.396 e. The normalized spacial score (nSPS) is 12.4. The third kappa shape index (κ3) is 7.76. The van der Waals surface area contributed by atoms with Gasteiger partial charge in [-0.05, 0) is 25.3 Å². The maximum Gasteiger partial charge on any atom is 0.0635 e. The van der Waals surface area contributed by atoms with Crippen molar-refractivity contribution in [3.05, 3.63) is 0 Å². The van der Waals surface area contributed by atoms with Gasteiger partial charge in [-0.3, -0.25) is 0 Å². The molecule has 13 heavy (non-hydrogen) atoms. The number of nitriles is 1. The highest BCUT2D eigenvalue weighted by atomic mass is 16.3. The molecule has 3 nitrogen and oxygen atoms in total. The van der Waals surface area contributed by atoms with E-state index in [0.717, 1.165) is 32.4 Å². The fourth-order valence-corrected chi connectivity index (χ4v) is 1.39. The molecule has 0 bridgehead atoms. The Bertz CT molecular complexity index is 136. The highest BCUT2D eigenvalue weighted by molar-refractivity contribution is 4.71. The van der Waals surface area contributed by atoms with E-state index in [4.69, 9.17) is 10.4 Å². The third-order valence-corrected chi connectivity index (χ3v) is 2.08. The van der Waals surface area contributed by atoms with Crippen molar-refractivity contribution in [1.29, 1.82) is 5.26 Å². The molecule has 0 aliphatic rings. The van der Waals surface area contributed by atoms with Crippen molar-refractivity contribution in [2.75, 3.05) is 19.7 Å². The molecule has 1 unspecified atom stereocenters. The van der Waals surface area contributed by atoms with Crippen LogP contribution < -0.4 is 5.32 Å². The lowest BCUT2D eigenvalue weighted by Gasteiger charge is -2.14. The van der Waals surface area contributed by atoms with E-state index in [0.29, 0.717) is 12.3 Å². The summed E-state index contributed by atoms with van der Waals surface area (Å²) in [7, 11) is 0. The molecular weight excluding hydrogens is 164 g/mol. The van der Waals surface area contributed by atoms with Gasteiger partial charge in [0.05, 0.1) is 6.07 Å². The van der Waals surface area contributed by atoms with E-state index < -0.39 is 0 Å². The van der Waals surface area contributed by atoms with E-state index in [1.54, 1.807) is 0 Å². The number of nitrogens with one attached hydrogen (secondary N) is 1. The Morgan fingerprint density at radius 2 is 2.23 bits per heavy atom.